The molecule has 0 N–H and O–H groups in total. The second kappa shape index (κ2) is 16.1. The minimum atomic E-state index is 1.08. The Morgan fingerprint density at radius 3 is 1.26 bits per heavy atom. The van der Waals surface area contributed by atoms with Gasteiger partial charge < -0.3 is 4.48 Å². The van der Waals surface area contributed by atoms with Gasteiger partial charge in [-0.1, -0.05) is 135 Å². The maximum Gasteiger partial charge on any atom is 0.105 e. The quantitative estimate of drug-likeness (QED) is 0.105. The van der Waals surface area contributed by atoms with E-state index in [1.54, 1.807) is 0 Å². The summed E-state index contributed by atoms with van der Waals surface area (Å²) in [5.41, 5.74) is 4.33. The van der Waals surface area contributed by atoms with Gasteiger partial charge in [-0.2, -0.15) is 0 Å². The topological polar surface area (TPSA) is 0 Å². The first-order valence-corrected chi connectivity index (χ1v) is 13.9. The molecule has 0 unspecified atom stereocenters. The summed E-state index contributed by atoms with van der Waals surface area (Å²) in [4.78, 5) is 0. The van der Waals surface area contributed by atoms with Crippen molar-refractivity contribution in [3.63, 3.8) is 0 Å². The first kappa shape index (κ1) is 27.0. The molecule has 1 heteroatoms. The van der Waals surface area contributed by atoms with E-state index in [9.17, 15) is 0 Å². The molecule has 0 aliphatic rings. The van der Waals surface area contributed by atoms with Crippen LogP contribution in [0.15, 0.2) is 103 Å². The van der Waals surface area contributed by atoms with Crippen molar-refractivity contribution in [3.05, 3.63) is 120 Å². The Balaban J connectivity index is 1.61. The number of nitrogens with zero attached hydrogens (tertiary/aromatic N) is 1. The highest BCUT2D eigenvalue weighted by molar-refractivity contribution is 5.17. The molecule has 0 aromatic heterocycles. The lowest BCUT2D eigenvalue weighted by Gasteiger charge is -2.39. The fraction of sp³-hybridized carbons (Fsp3) is 0.412. The third-order valence-corrected chi connectivity index (χ3v) is 7.07. The molecular weight excluding hydrogens is 422 g/mol. The Morgan fingerprint density at radius 1 is 0.486 bits per heavy atom. The van der Waals surface area contributed by atoms with Crippen molar-refractivity contribution < 1.29 is 4.48 Å². The Bertz CT molecular complexity index is 829. The van der Waals surface area contributed by atoms with Crippen molar-refractivity contribution in [2.45, 2.75) is 84.3 Å². The van der Waals surface area contributed by atoms with Crippen molar-refractivity contribution in [3.8, 4) is 0 Å². The summed E-state index contributed by atoms with van der Waals surface area (Å²) in [5.74, 6) is 0. The number of benzene rings is 3. The van der Waals surface area contributed by atoms with E-state index in [1.807, 2.05) is 0 Å². The average Bonchev–Trinajstić information content (AvgIpc) is 2.89. The molecule has 1 nitrogen and oxygen atoms in total. The van der Waals surface area contributed by atoms with E-state index in [1.165, 1.54) is 81.0 Å². The first-order chi connectivity index (χ1) is 17.3. The fourth-order valence-corrected chi connectivity index (χ4v) is 5.25. The van der Waals surface area contributed by atoms with E-state index in [2.05, 4.69) is 110 Å². The van der Waals surface area contributed by atoms with Crippen LogP contribution >= 0.6 is 0 Å². The Morgan fingerprint density at radius 2 is 0.857 bits per heavy atom. The largest absolute Gasteiger partial charge is 0.312 e. The van der Waals surface area contributed by atoms with Gasteiger partial charge in [-0.3, -0.25) is 0 Å². The summed E-state index contributed by atoms with van der Waals surface area (Å²) in [7, 11) is 0. The molecule has 186 valence electrons. The molecule has 3 rings (SSSR count). The van der Waals surface area contributed by atoms with Gasteiger partial charge in [0.15, 0.2) is 0 Å². The second-order valence-electron chi connectivity index (χ2n) is 10.2. The summed E-state index contributed by atoms with van der Waals surface area (Å²) in [6.07, 6.45) is 16.7. The molecule has 0 radical (unpaired) electrons. The van der Waals surface area contributed by atoms with Crippen LogP contribution in [0, 0.1) is 0 Å². The highest BCUT2D eigenvalue weighted by atomic mass is 15.3. The van der Waals surface area contributed by atoms with Crippen molar-refractivity contribution >= 4 is 0 Å². The predicted molar refractivity (Wildman–Crippen MR) is 152 cm³/mol. The highest BCUT2D eigenvalue weighted by Crippen LogP contribution is 2.26. The third-order valence-electron chi connectivity index (χ3n) is 7.07. The maximum absolute atomic E-state index is 2.30. The fourth-order valence-electron chi connectivity index (χ4n) is 5.25. The van der Waals surface area contributed by atoms with E-state index >= 15 is 0 Å². The summed E-state index contributed by atoms with van der Waals surface area (Å²) >= 11 is 0. The molecule has 0 heterocycles. The summed E-state index contributed by atoms with van der Waals surface area (Å²) in [6, 6.07) is 33.4. The van der Waals surface area contributed by atoms with Crippen LogP contribution in [0.2, 0.25) is 0 Å². The number of rotatable bonds is 17. The van der Waals surface area contributed by atoms with Crippen molar-refractivity contribution in [2.24, 2.45) is 0 Å². The highest BCUT2D eigenvalue weighted by Gasteiger charge is 2.28. The molecule has 0 fully saturated rings. The zero-order chi connectivity index (χ0) is 24.4. The van der Waals surface area contributed by atoms with Gasteiger partial charge in [-0.05, 0) is 32.6 Å². The normalized spacial score (nSPS) is 11.8. The summed E-state index contributed by atoms with van der Waals surface area (Å²) in [6.45, 7) is 6.58. The van der Waals surface area contributed by atoms with Gasteiger partial charge in [-0.15, -0.1) is 0 Å². The molecule has 0 amide bonds. The number of allylic oxidation sites excluding steroid dienone is 2. The molecule has 0 aliphatic heterocycles. The molecule has 0 aliphatic carbocycles. The molecule has 3 aromatic rings. The smallest absolute Gasteiger partial charge is 0.105 e. The van der Waals surface area contributed by atoms with Crippen LogP contribution in [0.5, 0.6) is 0 Å². The number of unbranched alkanes of at least 4 members (excludes halogenated alkanes) is 8. The van der Waals surface area contributed by atoms with Gasteiger partial charge in [0.05, 0.1) is 6.54 Å². The molecule has 0 bridgehead atoms. The molecule has 0 saturated heterocycles. The first-order valence-electron chi connectivity index (χ1n) is 13.9. The molecule has 0 spiro atoms. The molecule has 3 aromatic carbocycles. The van der Waals surface area contributed by atoms with Gasteiger partial charge in [0.2, 0.25) is 0 Å². The molecular formula is C34H46N+. The van der Waals surface area contributed by atoms with Crippen LogP contribution in [-0.4, -0.2) is 11.0 Å². The lowest BCUT2D eigenvalue weighted by molar-refractivity contribution is -0.966. The van der Waals surface area contributed by atoms with Crippen LogP contribution in [0.3, 0.4) is 0 Å². The van der Waals surface area contributed by atoms with Crippen molar-refractivity contribution in [1.82, 2.24) is 0 Å². The SMILES string of the molecule is C/C=C/CCCCCCCCCC[N+](Cc1ccccc1)(Cc1ccccc1)Cc1ccccc1. The minimum Gasteiger partial charge on any atom is -0.312 e. The summed E-state index contributed by atoms with van der Waals surface area (Å²) < 4.78 is 1.09. The monoisotopic (exact) mass is 468 g/mol. The standard InChI is InChI=1S/C34H46N/c1-2-3-4-5-6-7-8-9-10-11-21-28-35(29-32-22-15-12-16-23-32,30-33-24-17-13-18-25-33)31-34-26-19-14-20-27-34/h2-3,12-20,22-27H,4-11,21,28-31H2,1H3/q+1/b3-2+. The second-order valence-corrected chi connectivity index (χ2v) is 10.2. The van der Waals surface area contributed by atoms with Crippen LogP contribution in [0.1, 0.15) is 81.4 Å². The van der Waals surface area contributed by atoms with E-state index < -0.39 is 0 Å². The zero-order valence-electron chi connectivity index (χ0n) is 22.0. The number of hydrogen-bond acceptors (Lipinski definition) is 0. The molecule has 0 saturated carbocycles. The summed E-state index contributed by atoms with van der Waals surface area (Å²) in [5, 5.41) is 0. The lowest BCUT2D eigenvalue weighted by atomic mass is 10.0. The molecule has 0 atom stereocenters. The van der Waals surface area contributed by atoms with Gasteiger partial charge in [0.25, 0.3) is 0 Å². The van der Waals surface area contributed by atoms with Crippen LogP contribution in [0.4, 0.5) is 0 Å². The third kappa shape index (κ3) is 10.7. The molecule has 35 heavy (non-hydrogen) atoms. The van der Waals surface area contributed by atoms with Crippen LogP contribution in [-0.2, 0) is 19.6 Å². The van der Waals surface area contributed by atoms with E-state index in [-0.39, 0.29) is 0 Å². The predicted octanol–water partition coefficient (Wildman–Crippen LogP) is 9.49. The van der Waals surface area contributed by atoms with Crippen LogP contribution < -0.4 is 0 Å². The minimum absolute atomic E-state index is 1.08. The van der Waals surface area contributed by atoms with Gasteiger partial charge >= 0.3 is 0 Å². The number of hydrogen-bond donors (Lipinski definition) is 0. The van der Waals surface area contributed by atoms with E-state index in [0.717, 1.165) is 24.1 Å². The average molecular weight is 469 g/mol. The lowest BCUT2D eigenvalue weighted by Crippen LogP contribution is -2.46. The Hall–Kier alpha value is -2.64. The maximum atomic E-state index is 2.30. The van der Waals surface area contributed by atoms with E-state index in [0.29, 0.717) is 0 Å². The van der Waals surface area contributed by atoms with E-state index in [4.69, 9.17) is 0 Å². The Kier molecular flexibility index (Phi) is 12.4. The van der Waals surface area contributed by atoms with Crippen molar-refractivity contribution in [1.29, 1.82) is 0 Å². The van der Waals surface area contributed by atoms with Crippen LogP contribution in [0.25, 0.3) is 0 Å². The Labute approximate surface area is 215 Å². The van der Waals surface area contributed by atoms with Gasteiger partial charge in [0.1, 0.15) is 19.6 Å². The van der Waals surface area contributed by atoms with Gasteiger partial charge in [0, 0.05) is 16.7 Å². The number of quaternary nitrogens is 1. The van der Waals surface area contributed by atoms with Crippen molar-refractivity contribution in [2.75, 3.05) is 6.54 Å². The van der Waals surface area contributed by atoms with Gasteiger partial charge in [-0.25, -0.2) is 0 Å². The zero-order valence-corrected chi connectivity index (χ0v) is 22.0.